The van der Waals surface area contributed by atoms with Crippen LogP contribution in [0, 0.1) is 0 Å². The maximum atomic E-state index is 3.51. The summed E-state index contributed by atoms with van der Waals surface area (Å²) < 4.78 is 1.20. The van der Waals surface area contributed by atoms with Crippen LogP contribution in [0.5, 0.6) is 0 Å². The Morgan fingerprint density at radius 3 is 1.67 bits per heavy atom. The zero-order valence-electron chi connectivity index (χ0n) is 12.7. The molecule has 18 heavy (non-hydrogen) atoms. The van der Waals surface area contributed by atoms with E-state index in [4.69, 9.17) is 0 Å². The Balaban J connectivity index is 0. The third-order valence-corrected chi connectivity index (χ3v) is 4.07. The topological polar surface area (TPSA) is 0 Å². The Morgan fingerprint density at radius 2 is 1.17 bits per heavy atom. The number of nitrogens with zero attached hydrogens (tertiary/aromatic N) is 1. The molecule has 0 aromatic carbocycles. The zero-order valence-corrected chi connectivity index (χ0v) is 15.9. The van der Waals surface area contributed by atoms with Crippen LogP contribution in [-0.2, 0) is 0 Å². The van der Waals surface area contributed by atoms with Gasteiger partial charge in [-0.1, -0.05) is 61.4 Å². The van der Waals surface area contributed by atoms with E-state index >= 15 is 0 Å². The van der Waals surface area contributed by atoms with Gasteiger partial charge in [-0.25, -0.2) is 0 Å². The molecule has 1 nitrogen and oxygen atoms in total. The molecule has 112 valence electrons. The molecule has 0 aliphatic carbocycles. The maximum absolute atomic E-state index is 3.51. The summed E-state index contributed by atoms with van der Waals surface area (Å²) in [6.07, 6.45) is 12.7. The van der Waals surface area contributed by atoms with Gasteiger partial charge in [0.15, 0.2) is 0 Å². The fourth-order valence-electron chi connectivity index (χ4n) is 2.27. The Morgan fingerprint density at radius 1 is 0.722 bits per heavy atom. The van der Waals surface area contributed by atoms with Crippen LogP contribution in [0.15, 0.2) is 0 Å². The Bertz CT molecular complexity index is 161. The largest absolute Gasteiger partial charge is 1.00 e. The van der Waals surface area contributed by atoms with Crippen LogP contribution in [0.3, 0.4) is 0 Å². The minimum Gasteiger partial charge on any atom is -1.00 e. The fourth-order valence-corrected chi connectivity index (χ4v) is 2.52. The first kappa shape index (κ1) is 21.2. The molecule has 0 fully saturated rings. The van der Waals surface area contributed by atoms with Gasteiger partial charge in [0.25, 0.3) is 0 Å². The number of rotatable bonds is 12. The van der Waals surface area contributed by atoms with Crippen molar-refractivity contribution < 1.29 is 21.5 Å². The first-order chi connectivity index (χ1) is 8.12. The standard InChI is InChI=1S/C15H33BrN.BrH/c1-4-5-6-7-8-9-10-11-14-17(2,3)15-12-13-16;/h4-15H2,1-3H3;1H/q+1;/p-1. The van der Waals surface area contributed by atoms with Crippen LogP contribution in [0.2, 0.25) is 0 Å². The highest BCUT2D eigenvalue weighted by Crippen LogP contribution is 2.10. The first-order valence-electron chi connectivity index (χ1n) is 7.50. The number of quaternary nitrogens is 1. The lowest BCUT2D eigenvalue weighted by Crippen LogP contribution is -3.00. The molecule has 0 aromatic rings. The van der Waals surface area contributed by atoms with Crippen LogP contribution in [0.25, 0.3) is 0 Å². The molecule has 0 rings (SSSR count). The molecular weight excluding hydrogens is 354 g/mol. The predicted molar refractivity (Wildman–Crippen MR) is 82.9 cm³/mol. The summed E-state index contributed by atoms with van der Waals surface area (Å²) in [6.45, 7) is 4.94. The molecule has 0 unspecified atom stereocenters. The quantitative estimate of drug-likeness (QED) is 0.273. The highest BCUT2D eigenvalue weighted by Gasteiger charge is 2.12. The number of hydrogen-bond donors (Lipinski definition) is 0. The lowest BCUT2D eigenvalue weighted by molar-refractivity contribution is -0.890. The van der Waals surface area contributed by atoms with Crippen molar-refractivity contribution >= 4 is 15.9 Å². The van der Waals surface area contributed by atoms with Crippen LogP contribution >= 0.6 is 15.9 Å². The van der Waals surface area contributed by atoms with Gasteiger partial charge >= 0.3 is 0 Å². The van der Waals surface area contributed by atoms with E-state index in [1.165, 1.54) is 75.4 Å². The van der Waals surface area contributed by atoms with Gasteiger partial charge in [-0.05, 0) is 12.8 Å². The molecule has 0 bridgehead atoms. The van der Waals surface area contributed by atoms with Crippen LogP contribution in [-0.4, -0.2) is 37.0 Å². The Hall–Kier alpha value is 0.920. The van der Waals surface area contributed by atoms with Crippen LogP contribution in [0.4, 0.5) is 0 Å². The van der Waals surface area contributed by atoms with Gasteiger partial charge in [-0.3, -0.25) is 0 Å². The summed E-state index contributed by atoms with van der Waals surface area (Å²) in [4.78, 5) is 0. The van der Waals surface area contributed by atoms with Gasteiger partial charge in [0.05, 0.1) is 27.2 Å². The fraction of sp³-hybridized carbons (Fsp3) is 1.00. The number of hydrogen-bond acceptors (Lipinski definition) is 0. The third kappa shape index (κ3) is 15.0. The molecule has 0 spiro atoms. The van der Waals surface area contributed by atoms with E-state index in [9.17, 15) is 0 Å². The van der Waals surface area contributed by atoms with Gasteiger partial charge in [0.2, 0.25) is 0 Å². The lowest BCUT2D eigenvalue weighted by atomic mass is 10.1. The minimum absolute atomic E-state index is 0. The summed E-state index contributed by atoms with van der Waals surface area (Å²) in [7, 11) is 4.73. The molecule has 0 radical (unpaired) electrons. The van der Waals surface area contributed by atoms with Gasteiger partial charge < -0.3 is 21.5 Å². The van der Waals surface area contributed by atoms with Gasteiger partial charge in [0, 0.05) is 11.8 Å². The summed E-state index contributed by atoms with van der Waals surface area (Å²) >= 11 is 3.51. The van der Waals surface area contributed by atoms with Crippen molar-refractivity contribution in [3.05, 3.63) is 0 Å². The smallest absolute Gasteiger partial charge is 0.0790 e. The molecule has 0 amide bonds. The van der Waals surface area contributed by atoms with Crippen molar-refractivity contribution in [1.29, 1.82) is 0 Å². The average molecular weight is 387 g/mol. The van der Waals surface area contributed by atoms with Gasteiger partial charge in [0.1, 0.15) is 0 Å². The van der Waals surface area contributed by atoms with E-state index in [-0.39, 0.29) is 17.0 Å². The number of halogens is 2. The van der Waals surface area contributed by atoms with E-state index in [2.05, 4.69) is 36.9 Å². The van der Waals surface area contributed by atoms with E-state index < -0.39 is 0 Å². The molecule has 0 atom stereocenters. The predicted octanol–water partition coefficient (Wildman–Crippen LogP) is 1.99. The van der Waals surface area contributed by atoms with Crippen molar-refractivity contribution in [3.8, 4) is 0 Å². The number of unbranched alkanes of at least 4 members (excludes halogenated alkanes) is 7. The van der Waals surface area contributed by atoms with E-state index in [0.717, 1.165) is 5.33 Å². The van der Waals surface area contributed by atoms with Crippen LogP contribution < -0.4 is 17.0 Å². The Labute approximate surface area is 134 Å². The Kier molecular flexibility index (Phi) is 16.9. The lowest BCUT2D eigenvalue weighted by Gasteiger charge is -2.29. The SMILES string of the molecule is CCCCCCCCCC[N+](C)(C)CCCBr.[Br-]. The second-order valence-electron chi connectivity index (χ2n) is 5.90. The summed E-state index contributed by atoms with van der Waals surface area (Å²) in [5.41, 5.74) is 0. The monoisotopic (exact) mass is 385 g/mol. The molecule has 0 aliphatic heterocycles. The van der Waals surface area contributed by atoms with Crippen molar-refractivity contribution in [2.75, 3.05) is 32.5 Å². The van der Waals surface area contributed by atoms with Crippen molar-refractivity contribution in [2.45, 2.75) is 64.7 Å². The molecule has 0 aromatic heterocycles. The van der Waals surface area contributed by atoms with E-state index in [0.29, 0.717) is 0 Å². The second kappa shape index (κ2) is 14.3. The first-order valence-corrected chi connectivity index (χ1v) is 8.62. The minimum atomic E-state index is 0. The highest BCUT2D eigenvalue weighted by atomic mass is 79.9. The summed E-state index contributed by atoms with van der Waals surface area (Å²) in [6, 6.07) is 0. The summed E-state index contributed by atoms with van der Waals surface area (Å²) in [5, 5.41) is 1.14. The number of alkyl halides is 1. The molecule has 0 saturated carbocycles. The molecule has 3 heteroatoms. The zero-order chi connectivity index (χ0) is 13.0. The molecule has 0 aliphatic rings. The molecular formula is C15H33Br2N. The van der Waals surface area contributed by atoms with Crippen molar-refractivity contribution in [2.24, 2.45) is 0 Å². The van der Waals surface area contributed by atoms with Gasteiger partial charge in [-0.15, -0.1) is 0 Å². The molecule has 0 saturated heterocycles. The maximum Gasteiger partial charge on any atom is 0.0790 e. The molecule has 0 heterocycles. The normalized spacial score (nSPS) is 11.3. The second-order valence-corrected chi connectivity index (χ2v) is 6.69. The summed E-state index contributed by atoms with van der Waals surface area (Å²) in [5.74, 6) is 0. The van der Waals surface area contributed by atoms with Gasteiger partial charge in [-0.2, -0.15) is 0 Å². The van der Waals surface area contributed by atoms with Crippen molar-refractivity contribution in [1.82, 2.24) is 0 Å². The molecule has 0 N–H and O–H groups in total. The van der Waals surface area contributed by atoms with E-state index in [1.807, 2.05) is 0 Å². The van der Waals surface area contributed by atoms with Crippen LogP contribution in [0.1, 0.15) is 64.7 Å². The highest BCUT2D eigenvalue weighted by molar-refractivity contribution is 9.09. The van der Waals surface area contributed by atoms with Crippen molar-refractivity contribution in [3.63, 3.8) is 0 Å². The van der Waals surface area contributed by atoms with E-state index in [1.54, 1.807) is 0 Å². The average Bonchev–Trinajstić information content (AvgIpc) is 2.30. The third-order valence-electron chi connectivity index (χ3n) is 3.51.